The van der Waals surface area contributed by atoms with E-state index in [1.165, 1.54) is 0 Å². The first kappa shape index (κ1) is 72.9. The van der Waals surface area contributed by atoms with Crippen LogP contribution in [0.1, 0.15) is 94.8 Å². The summed E-state index contributed by atoms with van der Waals surface area (Å²) < 4.78 is 21.3. The fourth-order valence-electron chi connectivity index (χ4n) is 13.4. The van der Waals surface area contributed by atoms with Crippen molar-refractivity contribution < 1.29 is 57.3 Å². The number of hydrogen-bond donors (Lipinski definition) is 4. The molecule has 2 aromatic heterocycles. The summed E-state index contributed by atoms with van der Waals surface area (Å²) in [4.78, 5) is 125. The van der Waals surface area contributed by atoms with E-state index in [-0.39, 0.29) is 86.2 Å². The van der Waals surface area contributed by atoms with E-state index in [9.17, 15) is 38.4 Å². The van der Waals surface area contributed by atoms with Crippen LogP contribution in [0.5, 0.6) is 0 Å². The number of aromatic amines is 2. The quantitative estimate of drug-likeness (QED) is 0.0129. The average molecular weight is 1430 g/mol. The highest BCUT2D eigenvalue weighted by Gasteiger charge is 2.31. The highest BCUT2D eigenvalue weighted by atomic mass is 16.5. The fraction of sp³-hybridized carbons (Fsp3) is 0.156. The van der Waals surface area contributed by atoms with Gasteiger partial charge in [0.05, 0.1) is 71.1 Å². The molecule has 0 saturated carbocycles. The first-order valence-corrected chi connectivity index (χ1v) is 35.4. The molecule has 0 atom stereocenters. The molecule has 8 aromatic carbocycles. The third-order valence-corrected chi connectivity index (χ3v) is 18.8. The monoisotopic (exact) mass is 1430 g/mol. The Hall–Kier alpha value is -13.5. The zero-order valence-corrected chi connectivity index (χ0v) is 60.2. The normalized spacial score (nSPS) is 11.2. The van der Waals surface area contributed by atoms with E-state index in [0.717, 1.165) is 43.8 Å². The van der Waals surface area contributed by atoms with Gasteiger partial charge in [0.2, 0.25) is 0 Å². The minimum Gasteiger partial charge on any atom is -0.462 e. The number of carbonyl (C=O) groups excluding carboxylic acids is 8. The maximum absolute atomic E-state index is 14.1. The van der Waals surface area contributed by atoms with E-state index in [4.69, 9.17) is 28.9 Å². The summed E-state index contributed by atoms with van der Waals surface area (Å²) in [6, 6.07) is 61.6. The van der Waals surface area contributed by atoms with Crippen LogP contribution in [0.25, 0.3) is 133 Å². The second kappa shape index (κ2) is 31.9. The molecule has 18 heteroatoms. The lowest BCUT2D eigenvalue weighted by atomic mass is 9.92. The summed E-state index contributed by atoms with van der Waals surface area (Å²) >= 11 is 0. The second-order valence-corrected chi connectivity index (χ2v) is 26.6. The summed E-state index contributed by atoms with van der Waals surface area (Å²) in [5.74, 6) is -3.24. The summed E-state index contributed by atoms with van der Waals surface area (Å²) in [5.41, 5.74) is 16.2. The molecule has 108 heavy (non-hydrogen) atoms. The standard InChI is InChI=1S/C90H76N6O12/c1-51(2)87(101)105-47-17-27-71(97)55-29-33-57(34-30-55)73-77-63-19-9-10-20-64(63)78(93-77)74(58-35-31-56(32-36-58)72(98)28-18-48-106-88(102)52(3)4)80-66-22-12-14-24-68(66)82(95-80)76(60-39-43-62(44-40-60)86(100)92-46-50-108-90(104)54(7)8)84-70-26-16-15-25-69(70)83(96-84)75(81-67-23-13-11-21-65(67)79(73)94-81)59-37-41-61(42-38-59)85(99)91-45-49-107-89(103)53(5)6/h9-16,19-26,29-44,94-95H,1,3,5,7,17-18,27-28,45-50H2,2,4,6,8H3,(H,91,99)(H,92,100). The van der Waals surface area contributed by atoms with E-state index in [1.807, 2.05) is 121 Å². The Bertz CT molecular complexity index is 5050. The van der Waals surface area contributed by atoms with E-state index < -0.39 is 35.7 Å². The van der Waals surface area contributed by atoms with Crippen molar-refractivity contribution in [1.29, 1.82) is 0 Å². The van der Waals surface area contributed by atoms with Crippen LogP contribution in [0.3, 0.4) is 0 Å². The maximum Gasteiger partial charge on any atom is 0.333 e. The van der Waals surface area contributed by atoms with Gasteiger partial charge in [0.25, 0.3) is 11.8 Å². The maximum atomic E-state index is 14.1. The Labute approximate surface area is 622 Å². The minimum atomic E-state index is -0.562. The molecular formula is C90H76N6O12. The number of nitrogens with one attached hydrogen (secondary N) is 4. The predicted octanol–water partition coefficient (Wildman–Crippen LogP) is 17.8. The number of Topliss-reactive ketones (excluding diaryl/α,β-unsaturated/α-hetero) is 2. The van der Waals surface area contributed by atoms with Crippen LogP contribution >= 0.6 is 0 Å². The molecule has 0 saturated heterocycles. The van der Waals surface area contributed by atoms with Crippen molar-refractivity contribution in [3.8, 4) is 89.5 Å². The van der Waals surface area contributed by atoms with Gasteiger partial charge in [-0.05, 0) is 87.1 Å². The average Bonchev–Trinajstić information content (AvgIpc) is 1.56. The summed E-state index contributed by atoms with van der Waals surface area (Å²) in [7, 11) is 0. The van der Waals surface area contributed by atoms with Gasteiger partial charge in [0.15, 0.2) is 11.6 Å². The lowest BCUT2D eigenvalue weighted by Gasteiger charge is -2.10. The van der Waals surface area contributed by atoms with Gasteiger partial charge in [-0.15, -0.1) is 0 Å². The molecule has 0 fully saturated rings. The number of H-pyrrole nitrogens is 2. The molecule has 13 rings (SSSR count). The van der Waals surface area contributed by atoms with Crippen molar-refractivity contribution in [2.24, 2.45) is 0 Å². The van der Waals surface area contributed by atoms with Crippen LogP contribution in [0.4, 0.5) is 0 Å². The molecule has 4 heterocycles. The van der Waals surface area contributed by atoms with Crippen molar-refractivity contribution in [3.05, 3.63) is 265 Å². The van der Waals surface area contributed by atoms with Crippen LogP contribution in [0, 0.1) is 0 Å². The van der Waals surface area contributed by atoms with Crippen molar-refractivity contribution in [1.82, 2.24) is 30.6 Å². The zero-order chi connectivity index (χ0) is 75.9. The van der Waals surface area contributed by atoms with Gasteiger partial charge in [0, 0.05) is 123 Å². The van der Waals surface area contributed by atoms with Crippen LogP contribution in [0.15, 0.2) is 243 Å². The molecular weight excluding hydrogens is 1360 g/mol. The first-order chi connectivity index (χ1) is 52.2. The Morgan fingerprint density at radius 1 is 0.324 bits per heavy atom. The fourth-order valence-corrected chi connectivity index (χ4v) is 13.4. The Balaban J connectivity index is 1.12. The van der Waals surface area contributed by atoms with Crippen molar-refractivity contribution in [3.63, 3.8) is 0 Å². The zero-order valence-electron chi connectivity index (χ0n) is 60.2. The molecule has 18 nitrogen and oxygen atoms in total. The van der Waals surface area contributed by atoms with Crippen LogP contribution in [-0.2, 0) is 38.1 Å². The summed E-state index contributed by atoms with van der Waals surface area (Å²) in [6.07, 6.45) is 0.835. The number of carbonyl (C=O) groups is 8. The summed E-state index contributed by atoms with van der Waals surface area (Å²) in [6.45, 7) is 21.0. The molecule has 2 amide bonds. The van der Waals surface area contributed by atoms with Gasteiger partial charge in [-0.3, -0.25) is 19.2 Å². The van der Waals surface area contributed by atoms with E-state index in [0.29, 0.717) is 124 Å². The Kier molecular flexibility index (Phi) is 21.5. The van der Waals surface area contributed by atoms with E-state index >= 15 is 0 Å². The number of amides is 2. The smallest absolute Gasteiger partial charge is 0.333 e. The Morgan fingerprint density at radius 3 is 0.824 bits per heavy atom. The van der Waals surface area contributed by atoms with Gasteiger partial charge in [-0.25, -0.2) is 29.1 Å². The van der Waals surface area contributed by atoms with Gasteiger partial charge in [-0.1, -0.05) is 196 Å². The lowest BCUT2D eigenvalue weighted by molar-refractivity contribution is -0.139. The van der Waals surface area contributed by atoms with E-state index in [1.54, 1.807) is 76.2 Å². The molecule has 3 aliphatic rings. The molecule has 538 valence electrons. The van der Waals surface area contributed by atoms with E-state index in [2.05, 4.69) is 71.2 Å². The molecule has 10 aromatic rings. The largest absolute Gasteiger partial charge is 0.462 e. The van der Waals surface area contributed by atoms with Crippen LogP contribution in [-0.4, -0.2) is 107 Å². The van der Waals surface area contributed by atoms with Gasteiger partial charge in [-0.2, -0.15) is 0 Å². The molecule has 0 unspecified atom stereocenters. The third-order valence-electron chi connectivity index (χ3n) is 18.8. The molecule has 1 aliphatic carbocycles. The number of esters is 4. The lowest BCUT2D eigenvalue weighted by Crippen LogP contribution is -2.28. The summed E-state index contributed by atoms with van der Waals surface area (Å²) in [5, 5.41) is 8.97. The van der Waals surface area contributed by atoms with Crippen molar-refractivity contribution in [2.75, 3.05) is 39.5 Å². The number of hydrogen-bond acceptors (Lipinski definition) is 14. The minimum absolute atomic E-state index is 0.0484. The first-order valence-electron chi connectivity index (χ1n) is 35.4. The topological polar surface area (TPSA) is 255 Å². The number of benzene rings is 8. The molecule has 4 N–H and O–H groups in total. The molecule has 8 bridgehead atoms. The van der Waals surface area contributed by atoms with Gasteiger partial charge in [0.1, 0.15) is 13.2 Å². The number of ketones is 2. The molecule has 0 spiro atoms. The molecule has 2 aliphatic heterocycles. The highest BCUT2D eigenvalue weighted by molar-refractivity contribution is 6.22. The molecule has 0 radical (unpaired) electrons. The van der Waals surface area contributed by atoms with Crippen molar-refractivity contribution in [2.45, 2.75) is 53.4 Å². The second-order valence-electron chi connectivity index (χ2n) is 26.6. The number of aromatic nitrogens is 4. The Morgan fingerprint density at radius 2 is 0.565 bits per heavy atom. The highest BCUT2D eigenvalue weighted by Crippen LogP contribution is 2.52. The van der Waals surface area contributed by atoms with Gasteiger partial charge >= 0.3 is 23.9 Å². The van der Waals surface area contributed by atoms with Crippen molar-refractivity contribution >= 4 is 90.9 Å². The predicted molar refractivity (Wildman–Crippen MR) is 422 cm³/mol. The van der Waals surface area contributed by atoms with Crippen LogP contribution < -0.4 is 10.6 Å². The van der Waals surface area contributed by atoms with Crippen LogP contribution in [0.2, 0.25) is 0 Å². The number of ether oxygens (including phenoxy) is 4. The SMILES string of the molecule is C=C(C)C(=O)OCCCC(=O)c1ccc(-c2c3nc(c(-c4ccc(C(=O)CCCOC(=O)C(=C)C)cc4)c4[nH]c(c(-c5ccc(C(=O)NCCOC(=O)C(=C)C)cc5)c5nc(c(-c6ccc(C(=O)NCCOC(=O)C(=C)C)cc6)c6[nH]c2c2ccccc62)-c2ccccc2-5)c2ccccc42)-c2ccccc2-3)cc1. The van der Waals surface area contributed by atoms with Gasteiger partial charge < -0.3 is 39.5 Å². The number of rotatable bonds is 26. The number of nitrogens with zero attached hydrogens (tertiary/aromatic N) is 2. The third kappa shape index (κ3) is 15.1.